The average molecular weight is 372 g/mol. The second-order valence-corrected chi connectivity index (χ2v) is 6.49. The monoisotopic (exact) mass is 372 g/mol. The van der Waals surface area contributed by atoms with Crippen molar-refractivity contribution in [3.8, 4) is 5.69 Å². The van der Waals surface area contributed by atoms with Crippen molar-refractivity contribution in [1.29, 1.82) is 0 Å². The Hall–Kier alpha value is -3.87. The summed E-state index contributed by atoms with van der Waals surface area (Å²) in [6.07, 6.45) is 1.69. The van der Waals surface area contributed by atoms with Crippen LogP contribution in [0.2, 0.25) is 0 Å². The molecule has 0 aliphatic carbocycles. The number of nitrogens with zero attached hydrogens (tertiary/aromatic N) is 3. The van der Waals surface area contributed by atoms with Crippen LogP contribution in [-0.2, 0) is 6.54 Å². The highest BCUT2D eigenvalue weighted by Crippen LogP contribution is 2.27. The Morgan fingerprint density at radius 1 is 1.04 bits per heavy atom. The molecule has 136 valence electrons. The number of aromatic nitrogens is 3. The number of fused-ring (bicyclic) bond motifs is 4. The lowest BCUT2D eigenvalue weighted by atomic mass is 10.1. The van der Waals surface area contributed by atoms with E-state index in [1.165, 1.54) is 16.7 Å². The van der Waals surface area contributed by atoms with Gasteiger partial charge in [0.15, 0.2) is 5.82 Å². The number of carbonyl (C=O) groups excluding carboxylic acids is 1. The van der Waals surface area contributed by atoms with E-state index in [9.17, 15) is 14.0 Å². The molecule has 2 aromatic heterocycles. The first kappa shape index (κ1) is 16.3. The van der Waals surface area contributed by atoms with Gasteiger partial charge in [-0.25, -0.2) is 14.4 Å². The normalized spacial score (nSPS) is 12.1. The highest BCUT2D eigenvalue weighted by Gasteiger charge is 2.30. The van der Waals surface area contributed by atoms with Crippen LogP contribution in [0.25, 0.3) is 16.6 Å². The number of anilines is 1. The minimum Gasteiger partial charge on any atom is -0.366 e. The summed E-state index contributed by atoms with van der Waals surface area (Å²) in [5, 5.41) is 3.59. The lowest BCUT2D eigenvalue weighted by Gasteiger charge is -2.08. The maximum Gasteiger partial charge on any atom is 0.266 e. The summed E-state index contributed by atoms with van der Waals surface area (Å²) >= 11 is 0. The smallest absolute Gasteiger partial charge is 0.266 e. The molecule has 2 aromatic carbocycles. The molecule has 0 unspecified atom stereocenters. The van der Waals surface area contributed by atoms with E-state index in [2.05, 4.69) is 15.3 Å². The molecule has 0 saturated carbocycles. The number of ketones is 1. The molecule has 5 rings (SSSR count). The predicted molar refractivity (Wildman–Crippen MR) is 102 cm³/mol. The molecule has 1 aliphatic rings. The van der Waals surface area contributed by atoms with Crippen LogP contribution in [-0.4, -0.2) is 20.3 Å². The second kappa shape index (κ2) is 6.09. The van der Waals surface area contributed by atoms with Gasteiger partial charge in [-0.1, -0.05) is 12.1 Å². The van der Waals surface area contributed by atoms with Crippen molar-refractivity contribution in [3.05, 3.63) is 93.9 Å². The number of hydrogen-bond acceptors (Lipinski definition) is 5. The van der Waals surface area contributed by atoms with Crippen molar-refractivity contribution in [2.45, 2.75) is 6.54 Å². The van der Waals surface area contributed by atoms with Crippen LogP contribution in [0, 0.1) is 5.82 Å². The molecule has 1 aliphatic heterocycles. The molecule has 0 saturated heterocycles. The number of hydrogen-bond donors (Lipinski definition) is 1. The molecule has 0 amide bonds. The van der Waals surface area contributed by atoms with Gasteiger partial charge in [0.2, 0.25) is 5.78 Å². The van der Waals surface area contributed by atoms with Crippen molar-refractivity contribution < 1.29 is 9.18 Å². The zero-order valence-corrected chi connectivity index (χ0v) is 14.5. The number of rotatable bonds is 3. The molecule has 0 fully saturated rings. The fourth-order valence-corrected chi connectivity index (χ4v) is 3.38. The summed E-state index contributed by atoms with van der Waals surface area (Å²) < 4.78 is 14.8. The minimum absolute atomic E-state index is 0.0115. The van der Waals surface area contributed by atoms with Gasteiger partial charge in [-0.05, 0) is 48.0 Å². The maximum absolute atomic E-state index is 13.5. The largest absolute Gasteiger partial charge is 0.366 e. The van der Waals surface area contributed by atoms with Crippen LogP contribution < -0.4 is 10.9 Å². The van der Waals surface area contributed by atoms with E-state index in [4.69, 9.17) is 0 Å². The zero-order valence-electron chi connectivity index (χ0n) is 14.5. The van der Waals surface area contributed by atoms with Crippen molar-refractivity contribution in [2.75, 3.05) is 5.32 Å². The summed E-state index contributed by atoms with van der Waals surface area (Å²) in [6.45, 7) is 0.481. The van der Waals surface area contributed by atoms with E-state index >= 15 is 0 Å². The van der Waals surface area contributed by atoms with Gasteiger partial charge < -0.3 is 5.32 Å². The Labute approximate surface area is 158 Å². The zero-order chi connectivity index (χ0) is 19.3. The fourth-order valence-electron chi connectivity index (χ4n) is 3.38. The molecule has 6 nitrogen and oxygen atoms in total. The number of pyridine rings is 1. The molecule has 0 bridgehead atoms. The minimum atomic E-state index is -0.527. The van der Waals surface area contributed by atoms with E-state index in [1.807, 2.05) is 24.3 Å². The number of halogens is 1. The molecule has 3 heterocycles. The van der Waals surface area contributed by atoms with Crippen molar-refractivity contribution in [1.82, 2.24) is 14.5 Å². The summed E-state index contributed by atoms with van der Waals surface area (Å²) in [6, 6.07) is 14.7. The molecule has 0 spiro atoms. The van der Waals surface area contributed by atoms with Crippen molar-refractivity contribution >= 4 is 22.5 Å². The predicted octanol–water partition coefficient (Wildman–Crippen LogP) is 3.08. The summed E-state index contributed by atoms with van der Waals surface area (Å²) in [5.74, 6) is -0.236. The van der Waals surface area contributed by atoms with E-state index in [-0.39, 0.29) is 16.9 Å². The lowest BCUT2D eigenvalue weighted by molar-refractivity contribution is 0.103. The van der Waals surface area contributed by atoms with Gasteiger partial charge in [-0.3, -0.25) is 14.2 Å². The first-order valence-electron chi connectivity index (χ1n) is 8.67. The molecule has 1 N–H and O–H groups in total. The highest BCUT2D eigenvalue weighted by molar-refractivity contribution is 6.13. The van der Waals surface area contributed by atoms with Gasteiger partial charge in [0.25, 0.3) is 5.56 Å². The van der Waals surface area contributed by atoms with Crippen LogP contribution in [0.3, 0.4) is 0 Å². The number of nitrogens with one attached hydrogen (secondary N) is 1. The summed E-state index contributed by atoms with van der Waals surface area (Å²) in [7, 11) is 0. The van der Waals surface area contributed by atoms with Gasteiger partial charge in [0, 0.05) is 12.7 Å². The fraction of sp³-hybridized carbons (Fsp3) is 0.0476. The van der Waals surface area contributed by atoms with Crippen molar-refractivity contribution in [3.63, 3.8) is 0 Å². The number of carbonyl (C=O) groups is 1. The Bertz CT molecular complexity index is 1320. The van der Waals surface area contributed by atoms with Gasteiger partial charge in [0.1, 0.15) is 11.6 Å². The first-order chi connectivity index (χ1) is 13.6. The Morgan fingerprint density at radius 3 is 2.75 bits per heavy atom. The van der Waals surface area contributed by atoms with Gasteiger partial charge in [-0.2, -0.15) is 0 Å². The van der Waals surface area contributed by atoms with Crippen LogP contribution >= 0.6 is 0 Å². The molecule has 0 atom stereocenters. The lowest BCUT2D eigenvalue weighted by Crippen LogP contribution is -2.21. The highest BCUT2D eigenvalue weighted by atomic mass is 19.1. The molecular weight excluding hydrogens is 359 g/mol. The Kier molecular flexibility index (Phi) is 3.55. The standard InChI is InChI=1S/C21H13FN4O2/c22-13-5-7-17-15(10-13)19(27)20-25-16-6-4-12(9-14(16)21(28)26(17)20)11-24-18-3-1-2-8-23-18/h1-10H,11H2,(H,23,24). The quantitative estimate of drug-likeness (QED) is 0.527. The molecule has 7 heteroatoms. The molecule has 28 heavy (non-hydrogen) atoms. The third-order valence-corrected chi connectivity index (χ3v) is 4.72. The SMILES string of the molecule is O=C1c2cc(F)ccc2-n2c1nc1ccc(CNc3ccccn3)cc1c2=O. The van der Waals surface area contributed by atoms with Crippen LogP contribution in [0.1, 0.15) is 21.7 Å². The summed E-state index contributed by atoms with van der Waals surface area (Å²) in [5.41, 5.74) is 1.47. The van der Waals surface area contributed by atoms with E-state index < -0.39 is 11.6 Å². The van der Waals surface area contributed by atoms with Crippen LogP contribution in [0.15, 0.2) is 65.6 Å². The Morgan fingerprint density at radius 2 is 1.93 bits per heavy atom. The van der Waals surface area contributed by atoms with E-state index in [0.717, 1.165) is 17.4 Å². The van der Waals surface area contributed by atoms with Crippen molar-refractivity contribution in [2.24, 2.45) is 0 Å². The molecule has 4 aromatic rings. The molecular formula is C21H13FN4O2. The third-order valence-electron chi connectivity index (χ3n) is 4.72. The van der Waals surface area contributed by atoms with E-state index in [1.54, 1.807) is 18.3 Å². The topological polar surface area (TPSA) is 76.9 Å². The first-order valence-corrected chi connectivity index (χ1v) is 8.67. The van der Waals surface area contributed by atoms with E-state index in [0.29, 0.717) is 23.1 Å². The number of benzene rings is 2. The maximum atomic E-state index is 13.5. The van der Waals surface area contributed by atoms with Gasteiger partial charge in [0.05, 0.1) is 22.2 Å². The van der Waals surface area contributed by atoms with Gasteiger partial charge >= 0.3 is 0 Å². The molecule has 0 radical (unpaired) electrons. The van der Waals surface area contributed by atoms with Crippen LogP contribution in [0.5, 0.6) is 0 Å². The Balaban J connectivity index is 1.60. The summed E-state index contributed by atoms with van der Waals surface area (Å²) in [4.78, 5) is 34.2. The third kappa shape index (κ3) is 2.48. The van der Waals surface area contributed by atoms with Gasteiger partial charge in [-0.15, -0.1) is 0 Å². The second-order valence-electron chi connectivity index (χ2n) is 6.49. The average Bonchev–Trinajstić information content (AvgIpc) is 2.99. The van der Waals surface area contributed by atoms with Crippen LogP contribution in [0.4, 0.5) is 10.2 Å².